The van der Waals surface area contributed by atoms with Gasteiger partial charge in [-0.2, -0.15) is 0 Å². The Morgan fingerprint density at radius 2 is 1.80 bits per heavy atom. The minimum Gasteiger partial charge on any atom is -0.493 e. The van der Waals surface area contributed by atoms with Crippen molar-refractivity contribution in [2.45, 2.75) is 6.54 Å². The van der Waals surface area contributed by atoms with Gasteiger partial charge in [-0.25, -0.2) is 0 Å². The predicted octanol–water partition coefficient (Wildman–Crippen LogP) is 4.73. The number of hydrogen-bond donors (Lipinski definition) is 1. The molecular formula is C15H15BrClNO2. The SMILES string of the molecule is COc1cc(Cl)c(NCc2cccc(Br)c2)cc1OC. The summed E-state index contributed by atoms with van der Waals surface area (Å²) < 4.78 is 11.5. The quantitative estimate of drug-likeness (QED) is 0.840. The first-order valence-electron chi connectivity index (χ1n) is 6.04. The molecule has 0 saturated heterocycles. The lowest BCUT2D eigenvalue weighted by atomic mass is 10.2. The minimum atomic E-state index is 0.595. The Balaban J connectivity index is 2.17. The first kappa shape index (κ1) is 15.0. The van der Waals surface area contributed by atoms with Crippen molar-refractivity contribution in [3.8, 4) is 11.5 Å². The van der Waals surface area contributed by atoms with Gasteiger partial charge in [0, 0.05) is 23.2 Å². The third-order valence-electron chi connectivity index (χ3n) is 2.85. The summed E-state index contributed by atoms with van der Waals surface area (Å²) in [7, 11) is 3.19. The number of anilines is 1. The van der Waals surface area contributed by atoms with Crippen molar-refractivity contribution >= 4 is 33.2 Å². The molecule has 0 aliphatic heterocycles. The van der Waals surface area contributed by atoms with Gasteiger partial charge in [-0.1, -0.05) is 39.7 Å². The molecule has 0 amide bonds. The second-order valence-corrected chi connectivity index (χ2v) is 5.49. The maximum absolute atomic E-state index is 6.23. The molecule has 0 radical (unpaired) electrons. The minimum absolute atomic E-state index is 0.595. The summed E-state index contributed by atoms with van der Waals surface area (Å²) >= 11 is 9.68. The molecule has 2 rings (SSSR count). The van der Waals surface area contributed by atoms with E-state index < -0.39 is 0 Å². The molecule has 0 heterocycles. The predicted molar refractivity (Wildman–Crippen MR) is 86.0 cm³/mol. The van der Waals surface area contributed by atoms with Gasteiger partial charge in [0.15, 0.2) is 11.5 Å². The van der Waals surface area contributed by atoms with Crippen LogP contribution in [0.15, 0.2) is 40.9 Å². The topological polar surface area (TPSA) is 30.5 Å². The lowest BCUT2D eigenvalue weighted by Gasteiger charge is -2.13. The summed E-state index contributed by atoms with van der Waals surface area (Å²) in [5, 5.41) is 3.89. The van der Waals surface area contributed by atoms with E-state index in [4.69, 9.17) is 21.1 Å². The molecule has 0 atom stereocenters. The fraction of sp³-hybridized carbons (Fsp3) is 0.200. The van der Waals surface area contributed by atoms with Crippen molar-refractivity contribution in [3.05, 3.63) is 51.5 Å². The Kier molecular flexibility index (Phi) is 5.15. The summed E-state index contributed by atoms with van der Waals surface area (Å²) in [6, 6.07) is 11.7. The van der Waals surface area contributed by atoms with E-state index in [1.165, 1.54) is 0 Å². The Bertz CT molecular complexity index is 604. The average molecular weight is 357 g/mol. The van der Waals surface area contributed by atoms with Crippen molar-refractivity contribution in [1.82, 2.24) is 0 Å². The van der Waals surface area contributed by atoms with E-state index in [0.29, 0.717) is 23.1 Å². The van der Waals surface area contributed by atoms with E-state index >= 15 is 0 Å². The summed E-state index contributed by atoms with van der Waals surface area (Å²) in [4.78, 5) is 0. The van der Waals surface area contributed by atoms with Gasteiger partial charge in [-0.15, -0.1) is 0 Å². The lowest BCUT2D eigenvalue weighted by Crippen LogP contribution is -2.01. The van der Waals surface area contributed by atoms with Crippen LogP contribution in [0.1, 0.15) is 5.56 Å². The van der Waals surface area contributed by atoms with E-state index in [1.807, 2.05) is 24.3 Å². The molecule has 0 spiro atoms. The molecule has 0 saturated carbocycles. The molecular weight excluding hydrogens is 342 g/mol. The van der Waals surface area contributed by atoms with Gasteiger partial charge in [0.25, 0.3) is 0 Å². The number of benzene rings is 2. The van der Waals surface area contributed by atoms with E-state index in [0.717, 1.165) is 15.7 Å². The maximum atomic E-state index is 6.23. The number of halogens is 2. The average Bonchev–Trinajstić information content (AvgIpc) is 2.45. The fourth-order valence-electron chi connectivity index (χ4n) is 1.83. The molecule has 1 N–H and O–H groups in total. The van der Waals surface area contributed by atoms with Gasteiger partial charge >= 0.3 is 0 Å². The summed E-state index contributed by atoms with van der Waals surface area (Å²) in [5.41, 5.74) is 1.97. The highest BCUT2D eigenvalue weighted by Gasteiger charge is 2.09. The fourth-order valence-corrected chi connectivity index (χ4v) is 2.50. The van der Waals surface area contributed by atoms with Crippen molar-refractivity contribution in [3.63, 3.8) is 0 Å². The molecule has 0 fully saturated rings. The van der Waals surface area contributed by atoms with Crippen LogP contribution in [0.3, 0.4) is 0 Å². The highest BCUT2D eigenvalue weighted by atomic mass is 79.9. The van der Waals surface area contributed by atoms with Crippen LogP contribution in [0.5, 0.6) is 11.5 Å². The molecule has 0 bridgehead atoms. The van der Waals surface area contributed by atoms with Gasteiger partial charge in [-0.3, -0.25) is 0 Å². The standard InChI is InChI=1S/C15H15BrClNO2/c1-19-14-7-12(17)13(8-15(14)20-2)18-9-10-4-3-5-11(16)6-10/h3-8,18H,9H2,1-2H3. The number of nitrogens with one attached hydrogen (secondary N) is 1. The van der Waals surface area contributed by atoms with Gasteiger partial charge in [0.05, 0.1) is 24.9 Å². The van der Waals surface area contributed by atoms with Gasteiger partial charge in [-0.05, 0) is 17.7 Å². The zero-order valence-corrected chi connectivity index (χ0v) is 13.6. The molecule has 0 aliphatic rings. The molecule has 0 aliphatic carbocycles. The third-order valence-corrected chi connectivity index (χ3v) is 3.65. The third kappa shape index (κ3) is 3.58. The van der Waals surface area contributed by atoms with Crippen LogP contribution < -0.4 is 14.8 Å². The normalized spacial score (nSPS) is 10.2. The summed E-state index contributed by atoms with van der Waals surface area (Å²) in [5.74, 6) is 1.26. The maximum Gasteiger partial charge on any atom is 0.162 e. The summed E-state index contributed by atoms with van der Waals surface area (Å²) in [6.45, 7) is 0.675. The van der Waals surface area contributed by atoms with Crippen molar-refractivity contribution in [2.24, 2.45) is 0 Å². The van der Waals surface area contributed by atoms with E-state index in [1.54, 1.807) is 20.3 Å². The van der Waals surface area contributed by atoms with Gasteiger partial charge < -0.3 is 14.8 Å². The first-order valence-corrected chi connectivity index (χ1v) is 7.21. The highest BCUT2D eigenvalue weighted by Crippen LogP contribution is 2.36. The van der Waals surface area contributed by atoms with Crippen LogP contribution in [0.4, 0.5) is 5.69 Å². The van der Waals surface area contributed by atoms with Crippen molar-refractivity contribution < 1.29 is 9.47 Å². The highest BCUT2D eigenvalue weighted by molar-refractivity contribution is 9.10. The van der Waals surface area contributed by atoms with E-state index in [-0.39, 0.29) is 0 Å². The molecule has 0 aromatic heterocycles. The summed E-state index contributed by atoms with van der Waals surface area (Å²) in [6.07, 6.45) is 0. The second kappa shape index (κ2) is 6.86. The van der Waals surface area contributed by atoms with E-state index in [9.17, 15) is 0 Å². The molecule has 2 aromatic carbocycles. The Morgan fingerprint density at radius 3 is 2.45 bits per heavy atom. The largest absolute Gasteiger partial charge is 0.493 e. The molecule has 20 heavy (non-hydrogen) atoms. The lowest BCUT2D eigenvalue weighted by molar-refractivity contribution is 0.355. The van der Waals surface area contributed by atoms with Gasteiger partial charge in [0.1, 0.15) is 0 Å². The first-order chi connectivity index (χ1) is 9.63. The van der Waals surface area contributed by atoms with Crippen LogP contribution in [-0.2, 0) is 6.54 Å². The van der Waals surface area contributed by atoms with Crippen LogP contribution >= 0.6 is 27.5 Å². The van der Waals surface area contributed by atoms with Crippen molar-refractivity contribution in [1.29, 1.82) is 0 Å². The van der Waals surface area contributed by atoms with Gasteiger partial charge in [0.2, 0.25) is 0 Å². The molecule has 106 valence electrons. The van der Waals surface area contributed by atoms with Crippen LogP contribution in [-0.4, -0.2) is 14.2 Å². The number of rotatable bonds is 5. The monoisotopic (exact) mass is 355 g/mol. The zero-order valence-electron chi connectivity index (χ0n) is 11.2. The molecule has 3 nitrogen and oxygen atoms in total. The smallest absolute Gasteiger partial charge is 0.162 e. The van der Waals surface area contributed by atoms with Crippen molar-refractivity contribution in [2.75, 3.05) is 19.5 Å². The zero-order chi connectivity index (χ0) is 14.5. The number of ether oxygens (including phenoxy) is 2. The number of hydrogen-bond acceptors (Lipinski definition) is 3. The van der Waals surface area contributed by atoms with Crippen LogP contribution in [0.25, 0.3) is 0 Å². The van der Waals surface area contributed by atoms with Crippen LogP contribution in [0, 0.1) is 0 Å². The van der Waals surface area contributed by atoms with E-state index in [2.05, 4.69) is 27.3 Å². The molecule has 2 aromatic rings. The number of methoxy groups -OCH3 is 2. The Hall–Kier alpha value is -1.39. The second-order valence-electron chi connectivity index (χ2n) is 4.17. The molecule has 0 unspecified atom stereocenters. The Morgan fingerprint density at radius 1 is 1.10 bits per heavy atom. The Labute approximate surface area is 132 Å². The molecule has 5 heteroatoms. The van der Waals surface area contributed by atoms with Crippen LogP contribution in [0.2, 0.25) is 5.02 Å².